The van der Waals surface area contributed by atoms with Gasteiger partial charge in [0, 0.05) is 12.5 Å². The molecule has 6 nitrogen and oxygen atoms in total. The minimum atomic E-state index is -0.569. The van der Waals surface area contributed by atoms with Gasteiger partial charge in [0.05, 0.1) is 5.54 Å². The summed E-state index contributed by atoms with van der Waals surface area (Å²) in [5, 5.41) is 5.44. The zero-order valence-corrected chi connectivity index (χ0v) is 12.9. The lowest BCUT2D eigenvalue weighted by Crippen LogP contribution is -2.48. The Morgan fingerprint density at radius 2 is 2.00 bits per heavy atom. The lowest BCUT2D eigenvalue weighted by molar-refractivity contribution is 0.0491. The Kier molecular flexibility index (Phi) is 5.41. The third kappa shape index (κ3) is 5.49. The second kappa shape index (κ2) is 6.65. The highest BCUT2D eigenvalue weighted by Gasteiger charge is 2.54. The first-order chi connectivity index (χ1) is 9.72. The minimum Gasteiger partial charge on any atom is -0.445 e. The van der Waals surface area contributed by atoms with Crippen LogP contribution in [0.25, 0.3) is 0 Å². The van der Waals surface area contributed by atoms with Crippen molar-refractivity contribution in [2.24, 2.45) is 5.92 Å². The van der Waals surface area contributed by atoms with Gasteiger partial charge in [0.2, 0.25) is 0 Å². The summed E-state index contributed by atoms with van der Waals surface area (Å²) in [5.74, 6) is 0.102. The Bertz CT molecular complexity index is 428. The van der Waals surface area contributed by atoms with Gasteiger partial charge >= 0.3 is 12.2 Å². The van der Waals surface area contributed by atoms with Crippen molar-refractivity contribution in [3.63, 3.8) is 0 Å². The smallest absolute Gasteiger partial charge is 0.408 e. The van der Waals surface area contributed by atoms with Gasteiger partial charge in [-0.05, 0) is 27.2 Å². The van der Waals surface area contributed by atoms with Crippen LogP contribution in [0.2, 0.25) is 0 Å². The van der Waals surface area contributed by atoms with Crippen molar-refractivity contribution in [3.05, 3.63) is 25.3 Å². The van der Waals surface area contributed by atoms with E-state index in [9.17, 15) is 9.59 Å². The minimum absolute atomic E-state index is 0.102. The molecule has 1 aliphatic rings. The van der Waals surface area contributed by atoms with Gasteiger partial charge in [0.1, 0.15) is 12.2 Å². The molecule has 118 valence electrons. The van der Waals surface area contributed by atoms with E-state index in [4.69, 9.17) is 9.47 Å². The van der Waals surface area contributed by atoms with Crippen molar-refractivity contribution in [2.45, 2.75) is 38.3 Å². The molecule has 0 aromatic heterocycles. The largest absolute Gasteiger partial charge is 0.445 e. The lowest BCUT2D eigenvalue weighted by atomic mass is 10.2. The molecular formula is C15H24N2O4. The van der Waals surface area contributed by atoms with Crippen LogP contribution in [0.15, 0.2) is 25.3 Å². The lowest BCUT2D eigenvalue weighted by Gasteiger charge is -2.24. The summed E-state index contributed by atoms with van der Waals surface area (Å²) >= 11 is 0. The van der Waals surface area contributed by atoms with Crippen LogP contribution in [0.4, 0.5) is 9.59 Å². The second-order valence-electron chi connectivity index (χ2n) is 6.07. The van der Waals surface area contributed by atoms with Crippen molar-refractivity contribution in [2.75, 3.05) is 13.2 Å². The normalized spacial score (nSPS) is 23.7. The number of carbonyl (C=O) groups excluding carboxylic acids is 2. The van der Waals surface area contributed by atoms with Gasteiger partial charge in [-0.25, -0.2) is 9.59 Å². The molecule has 0 saturated heterocycles. The molecule has 1 fully saturated rings. The zero-order chi connectivity index (χ0) is 16.1. The first kappa shape index (κ1) is 17.1. The van der Waals surface area contributed by atoms with Crippen molar-refractivity contribution >= 4 is 12.2 Å². The molecule has 1 rings (SSSR count). The average Bonchev–Trinajstić information content (AvgIpc) is 3.05. The molecule has 2 amide bonds. The van der Waals surface area contributed by atoms with E-state index >= 15 is 0 Å². The number of alkyl carbamates (subject to hydrolysis) is 2. The van der Waals surface area contributed by atoms with Gasteiger partial charge in [-0.1, -0.05) is 18.7 Å². The monoisotopic (exact) mass is 296 g/mol. The molecule has 0 spiro atoms. The van der Waals surface area contributed by atoms with Crippen LogP contribution >= 0.6 is 0 Å². The number of carbonyl (C=O) groups is 2. The summed E-state index contributed by atoms with van der Waals surface area (Å²) in [5.41, 5.74) is -1.11. The predicted octanol–water partition coefficient (Wildman–Crippen LogP) is 2.37. The van der Waals surface area contributed by atoms with E-state index < -0.39 is 23.3 Å². The molecule has 0 heterocycles. The molecule has 21 heavy (non-hydrogen) atoms. The summed E-state index contributed by atoms with van der Waals surface area (Å²) in [6, 6.07) is 0. The highest BCUT2D eigenvalue weighted by atomic mass is 16.6. The highest BCUT2D eigenvalue weighted by Crippen LogP contribution is 2.44. The van der Waals surface area contributed by atoms with Crippen molar-refractivity contribution in [3.8, 4) is 0 Å². The third-order valence-corrected chi connectivity index (χ3v) is 3.05. The SMILES string of the molecule is C=CCOC(=O)NC[C@@]1(NC(=O)OC(C)(C)C)C[C@@H]1C=C. The number of nitrogens with one attached hydrogen (secondary N) is 2. The predicted molar refractivity (Wildman–Crippen MR) is 80.0 cm³/mol. The molecule has 0 bridgehead atoms. The summed E-state index contributed by atoms with van der Waals surface area (Å²) in [6.45, 7) is 13.0. The van der Waals surface area contributed by atoms with Crippen molar-refractivity contribution in [1.29, 1.82) is 0 Å². The molecule has 0 aliphatic heterocycles. The van der Waals surface area contributed by atoms with Crippen LogP contribution < -0.4 is 10.6 Å². The van der Waals surface area contributed by atoms with Crippen LogP contribution in [-0.4, -0.2) is 36.5 Å². The van der Waals surface area contributed by atoms with E-state index in [-0.39, 0.29) is 19.1 Å². The maximum atomic E-state index is 11.9. The zero-order valence-electron chi connectivity index (χ0n) is 12.9. The van der Waals surface area contributed by atoms with Gasteiger partial charge in [-0.15, -0.1) is 6.58 Å². The average molecular weight is 296 g/mol. The maximum absolute atomic E-state index is 11.9. The second-order valence-corrected chi connectivity index (χ2v) is 6.07. The quantitative estimate of drug-likeness (QED) is 0.738. The van der Waals surface area contributed by atoms with Gasteiger partial charge in [0.25, 0.3) is 0 Å². The number of hydrogen-bond donors (Lipinski definition) is 2. The molecule has 6 heteroatoms. The molecule has 0 radical (unpaired) electrons. The summed E-state index contributed by atoms with van der Waals surface area (Å²) in [4.78, 5) is 23.3. The molecule has 0 aromatic carbocycles. The van der Waals surface area contributed by atoms with Crippen LogP contribution in [0.5, 0.6) is 0 Å². The fraction of sp³-hybridized carbons (Fsp3) is 0.600. The Hall–Kier alpha value is -1.98. The van der Waals surface area contributed by atoms with Gasteiger partial charge in [0.15, 0.2) is 0 Å². The van der Waals surface area contributed by atoms with E-state index in [1.165, 1.54) is 6.08 Å². The first-order valence-corrected chi connectivity index (χ1v) is 6.87. The van der Waals surface area contributed by atoms with E-state index in [2.05, 4.69) is 23.8 Å². The van der Waals surface area contributed by atoms with E-state index in [1.54, 1.807) is 26.8 Å². The number of amides is 2. The maximum Gasteiger partial charge on any atom is 0.408 e. The molecule has 2 atom stereocenters. The van der Waals surface area contributed by atoms with Crippen molar-refractivity contribution < 1.29 is 19.1 Å². The molecule has 0 aromatic rings. The van der Waals surface area contributed by atoms with Crippen LogP contribution in [0, 0.1) is 5.92 Å². The Labute approximate surface area is 125 Å². The van der Waals surface area contributed by atoms with Gasteiger partial charge < -0.3 is 20.1 Å². The molecule has 2 N–H and O–H groups in total. The number of ether oxygens (including phenoxy) is 2. The van der Waals surface area contributed by atoms with E-state index in [0.29, 0.717) is 6.42 Å². The fourth-order valence-corrected chi connectivity index (χ4v) is 1.96. The molecule has 0 unspecified atom stereocenters. The number of hydrogen-bond acceptors (Lipinski definition) is 4. The molecular weight excluding hydrogens is 272 g/mol. The van der Waals surface area contributed by atoms with Gasteiger partial charge in [-0.2, -0.15) is 0 Å². The van der Waals surface area contributed by atoms with E-state index in [1.807, 2.05) is 0 Å². The first-order valence-electron chi connectivity index (χ1n) is 6.87. The Morgan fingerprint density at radius 3 is 2.48 bits per heavy atom. The van der Waals surface area contributed by atoms with E-state index in [0.717, 1.165) is 0 Å². The molecule has 1 aliphatic carbocycles. The fourth-order valence-electron chi connectivity index (χ4n) is 1.96. The third-order valence-electron chi connectivity index (χ3n) is 3.05. The number of rotatable bonds is 6. The summed E-state index contributed by atoms with van der Waals surface area (Å²) in [7, 11) is 0. The van der Waals surface area contributed by atoms with Gasteiger partial charge in [-0.3, -0.25) is 0 Å². The van der Waals surface area contributed by atoms with Crippen LogP contribution in [-0.2, 0) is 9.47 Å². The standard InChI is InChI=1S/C15H24N2O4/c1-6-8-20-12(18)16-10-15(9-11(15)7-2)17-13(19)21-14(3,4)5/h6-7,11H,1-2,8-10H2,3-5H3,(H,16,18)(H,17,19)/t11-,15-/m0/s1. The highest BCUT2D eigenvalue weighted by molar-refractivity contribution is 5.71. The molecule has 1 saturated carbocycles. The summed E-state index contributed by atoms with van der Waals surface area (Å²) in [6.07, 6.45) is 2.90. The summed E-state index contributed by atoms with van der Waals surface area (Å²) < 4.78 is 10.1. The Balaban J connectivity index is 2.52. The van der Waals surface area contributed by atoms with Crippen LogP contribution in [0.1, 0.15) is 27.2 Å². The van der Waals surface area contributed by atoms with Crippen LogP contribution in [0.3, 0.4) is 0 Å². The Morgan fingerprint density at radius 1 is 1.33 bits per heavy atom. The topological polar surface area (TPSA) is 76.7 Å². The van der Waals surface area contributed by atoms with Crippen molar-refractivity contribution in [1.82, 2.24) is 10.6 Å².